The fourth-order valence-electron chi connectivity index (χ4n) is 1.86. The van der Waals surface area contributed by atoms with Crippen LogP contribution in [-0.4, -0.2) is 28.3 Å². The predicted molar refractivity (Wildman–Crippen MR) is 68.2 cm³/mol. The molecule has 0 aliphatic rings. The lowest BCUT2D eigenvalue weighted by Crippen LogP contribution is -2.04. The van der Waals surface area contributed by atoms with E-state index >= 15 is 0 Å². The Morgan fingerprint density at radius 1 is 1.41 bits per heavy atom. The molecule has 0 saturated carbocycles. The zero-order chi connectivity index (χ0) is 12.1. The molecule has 0 spiro atoms. The maximum Gasteiger partial charge on any atom is 0.160 e. The first-order valence-corrected chi connectivity index (χ1v) is 6.25. The van der Waals surface area contributed by atoms with Crippen molar-refractivity contribution in [2.45, 2.75) is 25.3 Å². The van der Waals surface area contributed by atoms with Gasteiger partial charge in [-0.25, -0.2) is 9.97 Å². The molecule has 4 nitrogen and oxygen atoms in total. The molecule has 0 atom stereocenters. The Morgan fingerprint density at radius 3 is 3.06 bits per heavy atom. The number of unbranched alkanes of at least 4 members (excludes halogenated alkanes) is 1. The van der Waals surface area contributed by atoms with Crippen LogP contribution in [0.5, 0.6) is 0 Å². The van der Waals surface area contributed by atoms with Gasteiger partial charge in [-0.1, -0.05) is 0 Å². The number of alkyl halides is 1. The van der Waals surface area contributed by atoms with Gasteiger partial charge in [-0.05, 0) is 25.0 Å². The van der Waals surface area contributed by atoms with Gasteiger partial charge in [-0.2, -0.15) is 0 Å². The summed E-state index contributed by atoms with van der Waals surface area (Å²) in [4.78, 5) is 8.83. The van der Waals surface area contributed by atoms with Crippen LogP contribution in [0.3, 0.4) is 0 Å². The van der Waals surface area contributed by atoms with Crippen molar-refractivity contribution in [1.29, 1.82) is 0 Å². The summed E-state index contributed by atoms with van der Waals surface area (Å²) in [6, 6.07) is 3.85. The van der Waals surface area contributed by atoms with E-state index in [-0.39, 0.29) is 0 Å². The van der Waals surface area contributed by atoms with E-state index in [1.807, 2.05) is 12.1 Å². The molecule has 0 amide bonds. The molecule has 0 aliphatic heterocycles. The summed E-state index contributed by atoms with van der Waals surface area (Å²) in [5.74, 6) is 1.30. The normalized spacial score (nSPS) is 11.2. The fraction of sp³-hybridized carbons (Fsp3) is 0.500. The molecule has 0 unspecified atom stereocenters. The van der Waals surface area contributed by atoms with Crippen LogP contribution in [0.1, 0.15) is 18.7 Å². The van der Waals surface area contributed by atoms with Gasteiger partial charge < -0.3 is 9.30 Å². The Hall–Kier alpha value is -1.13. The number of pyridine rings is 1. The molecule has 0 aliphatic carbocycles. The third-order valence-corrected chi connectivity index (χ3v) is 2.92. The second-order valence-electron chi connectivity index (χ2n) is 3.86. The number of fused-ring (bicyclic) bond motifs is 1. The molecule has 2 aromatic rings. The molecule has 5 heteroatoms. The van der Waals surface area contributed by atoms with Crippen molar-refractivity contribution in [3.63, 3.8) is 0 Å². The molecular weight excluding hydrogens is 238 g/mol. The molecule has 17 heavy (non-hydrogen) atoms. The van der Waals surface area contributed by atoms with Gasteiger partial charge >= 0.3 is 0 Å². The van der Waals surface area contributed by atoms with E-state index in [1.165, 1.54) is 0 Å². The Bertz CT molecular complexity index is 484. The second-order valence-corrected chi connectivity index (χ2v) is 4.13. The highest BCUT2D eigenvalue weighted by Gasteiger charge is 2.09. The average molecular weight is 254 g/mol. The molecule has 2 heterocycles. The number of ether oxygens (including phenoxy) is 1. The molecular formula is C12H16ClN3O. The topological polar surface area (TPSA) is 39.9 Å². The van der Waals surface area contributed by atoms with Crippen molar-refractivity contribution < 1.29 is 4.74 Å². The van der Waals surface area contributed by atoms with Gasteiger partial charge in [0.1, 0.15) is 11.3 Å². The maximum atomic E-state index is 5.91. The Balaban J connectivity index is 2.18. The number of hydrogen-bond donors (Lipinski definition) is 0. The minimum atomic E-state index is 0.417. The maximum absolute atomic E-state index is 5.91. The number of halogens is 1. The van der Waals surface area contributed by atoms with E-state index in [1.54, 1.807) is 13.3 Å². The highest BCUT2D eigenvalue weighted by molar-refractivity contribution is 6.16. The summed E-state index contributed by atoms with van der Waals surface area (Å²) in [7, 11) is 1.72. The average Bonchev–Trinajstić information content (AvgIpc) is 2.73. The van der Waals surface area contributed by atoms with Gasteiger partial charge in [-0.15, -0.1) is 11.6 Å². The molecule has 0 radical (unpaired) electrons. The zero-order valence-corrected chi connectivity index (χ0v) is 10.7. The Kier molecular flexibility index (Phi) is 4.34. The third kappa shape index (κ3) is 2.76. The summed E-state index contributed by atoms with van der Waals surface area (Å²) in [6.07, 6.45) is 3.86. The Morgan fingerprint density at radius 2 is 2.29 bits per heavy atom. The SMILES string of the molecule is COCCCCn1c(CCl)nc2cccnc21. The number of hydrogen-bond acceptors (Lipinski definition) is 3. The summed E-state index contributed by atoms with van der Waals surface area (Å²) in [5.41, 5.74) is 1.83. The van der Waals surface area contributed by atoms with Crippen LogP contribution in [0, 0.1) is 0 Å². The van der Waals surface area contributed by atoms with Crippen LogP contribution in [0.15, 0.2) is 18.3 Å². The molecule has 2 rings (SSSR count). The highest BCUT2D eigenvalue weighted by atomic mass is 35.5. The van der Waals surface area contributed by atoms with Gasteiger partial charge in [0.2, 0.25) is 0 Å². The van der Waals surface area contributed by atoms with Crippen molar-refractivity contribution in [3.8, 4) is 0 Å². The van der Waals surface area contributed by atoms with Gasteiger partial charge in [0, 0.05) is 26.5 Å². The molecule has 0 bridgehead atoms. The van der Waals surface area contributed by atoms with Crippen LogP contribution >= 0.6 is 11.6 Å². The Labute approximate surface area is 106 Å². The summed E-state index contributed by atoms with van der Waals surface area (Å²) >= 11 is 5.91. The van der Waals surface area contributed by atoms with E-state index in [0.29, 0.717) is 5.88 Å². The van der Waals surface area contributed by atoms with Gasteiger partial charge in [-0.3, -0.25) is 0 Å². The number of aryl methyl sites for hydroxylation is 1. The summed E-state index contributed by atoms with van der Waals surface area (Å²) < 4.78 is 7.13. The molecule has 0 saturated heterocycles. The van der Waals surface area contributed by atoms with Crippen LogP contribution in [0.2, 0.25) is 0 Å². The number of rotatable bonds is 6. The molecule has 2 aromatic heterocycles. The van der Waals surface area contributed by atoms with Gasteiger partial charge in [0.25, 0.3) is 0 Å². The first kappa shape index (κ1) is 12.3. The van der Waals surface area contributed by atoms with Crippen molar-refractivity contribution in [2.24, 2.45) is 0 Å². The summed E-state index contributed by atoms with van der Waals surface area (Å²) in [6.45, 7) is 1.68. The van der Waals surface area contributed by atoms with Crippen LogP contribution in [0.25, 0.3) is 11.2 Å². The van der Waals surface area contributed by atoms with E-state index in [9.17, 15) is 0 Å². The van der Waals surface area contributed by atoms with Crippen LogP contribution in [-0.2, 0) is 17.2 Å². The van der Waals surface area contributed by atoms with E-state index < -0.39 is 0 Å². The largest absolute Gasteiger partial charge is 0.385 e. The van der Waals surface area contributed by atoms with Crippen molar-refractivity contribution in [2.75, 3.05) is 13.7 Å². The van der Waals surface area contributed by atoms with Crippen molar-refractivity contribution in [1.82, 2.24) is 14.5 Å². The quantitative estimate of drug-likeness (QED) is 0.587. The van der Waals surface area contributed by atoms with Crippen molar-refractivity contribution in [3.05, 3.63) is 24.2 Å². The molecule has 92 valence electrons. The van der Waals surface area contributed by atoms with E-state index in [2.05, 4.69) is 14.5 Å². The van der Waals surface area contributed by atoms with E-state index in [0.717, 1.165) is 43.0 Å². The number of methoxy groups -OCH3 is 1. The number of nitrogens with zero attached hydrogens (tertiary/aromatic N) is 3. The lowest BCUT2D eigenvalue weighted by atomic mass is 10.3. The van der Waals surface area contributed by atoms with E-state index in [4.69, 9.17) is 16.3 Å². The van der Waals surface area contributed by atoms with Crippen molar-refractivity contribution >= 4 is 22.8 Å². The minimum absolute atomic E-state index is 0.417. The zero-order valence-electron chi connectivity index (χ0n) is 9.90. The van der Waals surface area contributed by atoms with Gasteiger partial charge in [0.05, 0.1) is 5.88 Å². The second kappa shape index (κ2) is 5.98. The lowest BCUT2D eigenvalue weighted by Gasteiger charge is -2.06. The first-order valence-electron chi connectivity index (χ1n) is 5.72. The minimum Gasteiger partial charge on any atom is -0.385 e. The fourth-order valence-corrected chi connectivity index (χ4v) is 2.06. The predicted octanol–water partition coefficient (Wildman–Crippen LogP) is 2.60. The first-order chi connectivity index (χ1) is 8.36. The number of aromatic nitrogens is 3. The van der Waals surface area contributed by atoms with Gasteiger partial charge in [0.15, 0.2) is 5.65 Å². The van der Waals surface area contributed by atoms with Crippen LogP contribution < -0.4 is 0 Å². The smallest absolute Gasteiger partial charge is 0.160 e. The lowest BCUT2D eigenvalue weighted by molar-refractivity contribution is 0.191. The highest BCUT2D eigenvalue weighted by Crippen LogP contribution is 2.15. The monoisotopic (exact) mass is 253 g/mol. The number of imidazole rings is 1. The summed E-state index contributed by atoms with van der Waals surface area (Å²) in [5, 5.41) is 0. The molecule has 0 N–H and O–H groups in total. The standard InChI is InChI=1S/C12H16ClN3O/c1-17-8-3-2-7-16-11(9-13)15-10-5-4-6-14-12(10)16/h4-6H,2-3,7-9H2,1H3. The van der Waals surface area contributed by atoms with Crippen LogP contribution in [0.4, 0.5) is 0 Å². The molecule has 0 aromatic carbocycles. The third-order valence-electron chi connectivity index (χ3n) is 2.68. The molecule has 0 fully saturated rings.